The second-order valence-corrected chi connectivity index (χ2v) is 15.9. The lowest BCUT2D eigenvalue weighted by Crippen LogP contribution is -2.58. The van der Waals surface area contributed by atoms with Crippen LogP contribution in [-0.4, -0.2) is 69.0 Å². The average Bonchev–Trinajstić information content (AvgIpc) is 3.33. The minimum atomic E-state index is -0.583. The maximum absolute atomic E-state index is 12.7. The highest BCUT2D eigenvalue weighted by molar-refractivity contribution is 5.84. The molecule has 0 aromatic rings. The molecule has 4 saturated carbocycles. The molecule has 0 aliphatic heterocycles. The number of fused-ring (bicyclic) bond motifs is 5. The quantitative estimate of drug-likeness (QED) is 0.126. The van der Waals surface area contributed by atoms with Gasteiger partial charge in [0.05, 0.1) is 13.2 Å². The minimum Gasteiger partial charge on any atom is -0.467 e. The zero-order valence-corrected chi connectivity index (χ0v) is 28.7. The topological polar surface area (TPSA) is 126 Å². The van der Waals surface area contributed by atoms with E-state index in [0.29, 0.717) is 48.0 Å². The van der Waals surface area contributed by atoms with Crippen LogP contribution in [-0.2, 0) is 14.3 Å². The summed E-state index contributed by atoms with van der Waals surface area (Å²) in [5.41, 5.74) is 6.17. The first-order valence-electron chi connectivity index (χ1n) is 18.2. The van der Waals surface area contributed by atoms with Gasteiger partial charge in [-0.2, -0.15) is 0 Å². The number of nitrogens with one attached hydrogen (secondary N) is 3. The fourth-order valence-electron chi connectivity index (χ4n) is 10.6. The van der Waals surface area contributed by atoms with E-state index >= 15 is 0 Å². The van der Waals surface area contributed by atoms with Crippen molar-refractivity contribution in [3.8, 4) is 0 Å². The van der Waals surface area contributed by atoms with Crippen LogP contribution >= 0.6 is 0 Å². The van der Waals surface area contributed by atoms with E-state index in [4.69, 9.17) is 10.5 Å². The average molecular weight is 619 g/mol. The largest absolute Gasteiger partial charge is 0.467 e. The van der Waals surface area contributed by atoms with E-state index in [9.17, 15) is 14.7 Å². The zero-order valence-electron chi connectivity index (χ0n) is 28.7. The number of amides is 1. The zero-order chi connectivity index (χ0) is 31.9. The lowest BCUT2D eigenvalue weighted by molar-refractivity contribution is -0.168. The Labute approximate surface area is 268 Å². The number of nitrogens with two attached hydrogens (primary N) is 1. The number of ether oxygens (including phenoxy) is 1. The van der Waals surface area contributed by atoms with Crippen molar-refractivity contribution in [1.82, 2.24) is 16.0 Å². The second-order valence-electron chi connectivity index (χ2n) is 15.9. The Hall–Kier alpha value is -1.22. The van der Waals surface area contributed by atoms with Crippen molar-refractivity contribution in [2.24, 2.45) is 58.0 Å². The predicted molar refractivity (Wildman–Crippen MR) is 177 cm³/mol. The standard InChI is InChI=1S/C36H66N4O4/c1-24(2)33(34(43)44-5)40-31(42)10-6-9-26-11-12-28-32-29(14-16-35(26,28)3)36(4)15-13-25(22-27(36)23-30(32)41)8-7-18-38-20-21-39-19-17-37/h24-30,32-33,38-39,41H,6-23,37H2,1-5H3,(H,40,42)/t25-,26-,27-,28?,29?,30+,32?,33+,35+,36-/m0/s1. The Kier molecular flexibility index (Phi) is 13.0. The summed E-state index contributed by atoms with van der Waals surface area (Å²) < 4.78 is 4.89. The molecule has 0 saturated heterocycles. The normalized spacial score (nSPS) is 37.1. The van der Waals surface area contributed by atoms with Crippen LogP contribution in [0.1, 0.15) is 111 Å². The van der Waals surface area contributed by atoms with E-state index in [-0.39, 0.29) is 29.3 Å². The third-order valence-corrected chi connectivity index (χ3v) is 13.1. The monoisotopic (exact) mass is 619 g/mol. The van der Waals surface area contributed by atoms with Gasteiger partial charge in [-0.25, -0.2) is 4.79 Å². The van der Waals surface area contributed by atoms with Crippen LogP contribution in [0.4, 0.5) is 0 Å². The molecule has 0 bridgehead atoms. The number of carbonyl (C=O) groups excluding carboxylic acids is 2. The molecule has 4 rings (SSSR count). The van der Waals surface area contributed by atoms with Gasteiger partial charge in [-0.3, -0.25) is 4.79 Å². The van der Waals surface area contributed by atoms with E-state index in [1.165, 1.54) is 64.9 Å². The molecule has 0 aromatic heterocycles. The molecule has 0 radical (unpaired) electrons. The highest BCUT2D eigenvalue weighted by Crippen LogP contribution is 2.68. The van der Waals surface area contributed by atoms with Crippen LogP contribution in [0.25, 0.3) is 0 Å². The van der Waals surface area contributed by atoms with Crippen LogP contribution in [0, 0.1) is 52.3 Å². The molecule has 8 heteroatoms. The van der Waals surface area contributed by atoms with Gasteiger partial charge >= 0.3 is 5.97 Å². The Morgan fingerprint density at radius 2 is 1.61 bits per heavy atom. The molecule has 4 fully saturated rings. The summed E-state index contributed by atoms with van der Waals surface area (Å²) in [5.74, 6) is 3.32. The summed E-state index contributed by atoms with van der Waals surface area (Å²) in [6.07, 6.45) is 14.7. The molecule has 0 aromatic carbocycles. The van der Waals surface area contributed by atoms with Crippen LogP contribution in [0.3, 0.4) is 0 Å². The van der Waals surface area contributed by atoms with Gasteiger partial charge in [0.1, 0.15) is 6.04 Å². The lowest BCUT2D eigenvalue weighted by atomic mass is 9.43. The summed E-state index contributed by atoms with van der Waals surface area (Å²) in [5, 5.41) is 21.6. The number of hydrogen-bond donors (Lipinski definition) is 5. The molecule has 254 valence electrons. The maximum atomic E-state index is 12.7. The lowest BCUT2D eigenvalue weighted by Gasteiger charge is -2.62. The first-order chi connectivity index (χ1) is 21.0. The first-order valence-corrected chi connectivity index (χ1v) is 18.2. The maximum Gasteiger partial charge on any atom is 0.328 e. The Balaban J connectivity index is 1.26. The van der Waals surface area contributed by atoms with Gasteiger partial charge in [-0.05, 0) is 136 Å². The Morgan fingerprint density at radius 1 is 0.909 bits per heavy atom. The van der Waals surface area contributed by atoms with Crippen molar-refractivity contribution in [2.45, 2.75) is 123 Å². The third kappa shape index (κ3) is 8.01. The molecular formula is C36H66N4O4. The van der Waals surface area contributed by atoms with Crippen molar-refractivity contribution in [3.05, 3.63) is 0 Å². The van der Waals surface area contributed by atoms with Gasteiger partial charge in [0.25, 0.3) is 0 Å². The summed E-state index contributed by atoms with van der Waals surface area (Å²) >= 11 is 0. The number of rotatable bonds is 16. The fourth-order valence-corrected chi connectivity index (χ4v) is 10.6. The molecule has 44 heavy (non-hydrogen) atoms. The molecule has 0 heterocycles. The molecule has 1 amide bonds. The van der Waals surface area contributed by atoms with Gasteiger partial charge in [-0.1, -0.05) is 27.7 Å². The van der Waals surface area contributed by atoms with Crippen molar-refractivity contribution >= 4 is 11.9 Å². The second kappa shape index (κ2) is 16.1. The molecule has 3 unspecified atom stereocenters. The molecule has 4 aliphatic rings. The van der Waals surface area contributed by atoms with Gasteiger partial charge in [0.2, 0.25) is 5.91 Å². The highest BCUT2D eigenvalue weighted by Gasteiger charge is 2.62. The number of hydrogen-bond acceptors (Lipinski definition) is 7. The molecule has 0 spiro atoms. The molecular weight excluding hydrogens is 552 g/mol. The van der Waals surface area contributed by atoms with E-state index in [2.05, 4.69) is 29.8 Å². The van der Waals surface area contributed by atoms with Gasteiger partial charge in [0, 0.05) is 32.6 Å². The third-order valence-electron chi connectivity index (χ3n) is 13.1. The number of aliphatic hydroxyl groups is 1. The van der Waals surface area contributed by atoms with E-state index < -0.39 is 6.04 Å². The number of aliphatic hydroxyl groups excluding tert-OH is 1. The van der Waals surface area contributed by atoms with E-state index in [0.717, 1.165) is 51.4 Å². The Morgan fingerprint density at radius 3 is 2.32 bits per heavy atom. The van der Waals surface area contributed by atoms with Crippen molar-refractivity contribution in [1.29, 1.82) is 0 Å². The molecule has 8 nitrogen and oxygen atoms in total. The first kappa shape index (κ1) is 35.6. The minimum absolute atomic E-state index is 0.00326. The fraction of sp³-hybridized carbons (Fsp3) is 0.944. The number of esters is 1. The summed E-state index contributed by atoms with van der Waals surface area (Å²) in [4.78, 5) is 24.8. The van der Waals surface area contributed by atoms with Crippen molar-refractivity contribution < 1.29 is 19.4 Å². The van der Waals surface area contributed by atoms with E-state index in [1.54, 1.807) is 0 Å². The summed E-state index contributed by atoms with van der Waals surface area (Å²) in [7, 11) is 1.37. The van der Waals surface area contributed by atoms with E-state index in [1.807, 2.05) is 13.8 Å². The van der Waals surface area contributed by atoms with Gasteiger partial charge in [-0.15, -0.1) is 0 Å². The summed E-state index contributed by atoms with van der Waals surface area (Å²) in [6, 6.07) is -0.583. The van der Waals surface area contributed by atoms with Crippen LogP contribution in [0.5, 0.6) is 0 Å². The van der Waals surface area contributed by atoms with Gasteiger partial charge < -0.3 is 31.5 Å². The summed E-state index contributed by atoms with van der Waals surface area (Å²) in [6.45, 7) is 13.6. The molecule has 10 atom stereocenters. The number of methoxy groups -OCH3 is 1. The Bertz CT molecular complexity index is 932. The molecule has 4 aliphatic carbocycles. The highest BCUT2D eigenvalue weighted by atomic mass is 16.5. The SMILES string of the molecule is COC(=O)[C@H](NC(=O)CCC[C@H]1CCC2C3C(CC[C@@]21C)[C@@]1(C)CC[C@H](CCCNCCNCCN)C[C@H]1C[C@H]3O)C(C)C. The smallest absolute Gasteiger partial charge is 0.328 e. The van der Waals surface area contributed by atoms with Crippen LogP contribution < -0.4 is 21.7 Å². The number of carbonyl (C=O) groups is 2. The van der Waals surface area contributed by atoms with Gasteiger partial charge in [0.15, 0.2) is 0 Å². The van der Waals surface area contributed by atoms with Crippen LogP contribution in [0.15, 0.2) is 0 Å². The molecule has 6 N–H and O–H groups in total. The van der Waals surface area contributed by atoms with Crippen molar-refractivity contribution in [2.75, 3.05) is 39.8 Å². The predicted octanol–water partition coefficient (Wildman–Crippen LogP) is 4.63. The van der Waals surface area contributed by atoms with Crippen molar-refractivity contribution in [3.63, 3.8) is 0 Å². The van der Waals surface area contributed by atoms with Crippen LogP contribution in [0.2, 0.25) is 0 Å².